The average molecular weight is 297 g/mol. The number of nitrogens with one attached hydrogen (secondary N) is 2. The second-order valence-electron chi connectivity index (χ2n) is 3.87. The van der Waals surface area contributed by atoms with Crippen LogP contribution >= 0.6 is 23.1 Å². The first-order chi connectivity index (χ1) is 9.19. The zero-order valence-electron chi connectivity index (χ0n) is 10.7. The molecule has 2 heterocycles. The molecule has 0 aliphatic rings. The molecule has 0 spiro atoms. The molecule has 0 bridgehead atoms. The minimum atomic E-state index is -0.182. The molecule has 0 aliphatic heterocycles. The van der Waals surface area contributed by atoms with Crippen LogP contribution in [0.2, 0.25) is 0 Å². The molecule has 1 amide bonds. The maximum absolute atomic E-state index is 11.9. The number of aromatic amines is 1. The van der Waals surface area contributed by atoms with Crippen LogP contribution in [0.4, 0.5) is 0 Å². The molecule has 0 radical (unpaired) electrons. The summed E-state index contributed by atoms with van der Waals surface area (Å²) in [5, 5.41) is 11.3. The van der Waals surface area contributed by atoms with Crippen molar-refractivity contribution in [2.24, 2.45) is 0 Å². The largest absolute Gasteiger partial charge is 0.346 e. The highest BCUT2D eigenvalue weighted by atomic mass is 32.2. The second kappa shape index (κ2) is 6.67. The van der Waals surface area contributed by atoms with Crippen LogP contribution in [0.3, 0.4) is 0 Å². The van der Waals surface area contributed by atoms with Crippen LogP contribution in [-0.4, -0.2) is 31.8 Å². The molecule has 0 aliphatic carbocycles. The van der Waals surface area contributed by atoms with Gasteiger partial charge in [0.1, 0.15) is 16.5 Å². The van der Waals surface area contributed by atoms with Crippen molar-refractivity contribution in [3.8, 4) is 0 Å². The van der Waals surface area contributed by atoms with Gasteiger partial charge in [0.25, 0.3) is 0 Å². The highest BCUT2D eigenvalue weighted by molar-refractivity contribution is 8.00. The van der Waals surface area contributed by atoms with Crippen LogP contribution in [-0.2, 0) is 11.2 Å². The van der Waals surface area contributed by atoms with Gasteiger partial charge in [0.2, 0.25) is 5.91 Å². The standard InChI is InChI=1S/C11H15N5OS2/c1-3-18-11-15-8(5-19-11)4-9(17)14-7(2)10-12-6-13-16-10/h5-7H,3-4H2,1-2H3,(H,14,17)(H,12,13,16)/t7-/m0/s1. The number of aromatic nitrogens is 4. The minimum absolute atomic E-state index is 0.0674. The second-order valence-corrected chi connectivity index (χ2v) is 6.24. The fourth-order valence-electron chi connectivity index (χ4n) is 1.51. The average Bonchev–Trinajstić information content (AvgIpc) is 3.00. The van der Waals surface area contributed by atoms with E-state index in [1.54, 1.807) is 23.1 Å². The van der Waals surface area contributed by atoms with Crippen molar-refractivity contribution in [3.05, 3.63) is 23.2 Å². The van der Waals surface area contributed by atoms with Gasteiger partial charge < -0.3 is 5.32 Å². The number of hydrogen-bond donors (Lipinski definition) is 2. The van der Waals surface area contributed by atoms with E-state index in [4.69, 9.17) is 0 Å². The summed E-state index contributed by atoms with van der Waals surface area (Å²) in [7, 11) is 0. The summed E-state index contributed by atoms with van der Waals surface area (Å²) in [5.74, 6) is 1.57. The summed E-state index contributed by atoms with van der Waals surface area (Å²) in [6.45, 7) is 3.94. The Morgan fingerprint density at radius 1 is 1.63 bits per heavy atom. The molecule has 0 fully saturated rings. The van der Waals surface area contributed by atoms with E-state index in [0.717, 1.165) is 15.8 Å². The number of thioether (sulfide) groups is 1. The van der Waals surface area contributed by atoms with E-state index < -0.39 is 0 Å². The van der Waals surface area contributed by atoms with Crippen LogP contribution in [0, 0.1) is 0 Å². The summed E-state index contributed by atoms with van der Waals surface area (Å²) in [5.41, 5.74) is 0.809. The lowest BCUT2D eigenvalue weighted by molar-refractivity contribution is -0.121. The lowest BCUT2D eigenvalue weighted by Gasteiger charge is -2.09. The van der Waals surface area contributed by atoms with Gasteiger partial charge in [-0.1, -0.05) is 18.7 Å². The van der Waals surface area contributed by atoms with Gasteiger partial charge in [0, 0.05) is 5.38 Å². The number of carbonyl (C=O) groups is 1. The summed E-state index contributed by atoms with van der Waals surface area (Å²) < 4.78 is 1.01. The molecule has 0 saturated carbocycles. The third kappa shape index (κ3) is 4.03. The molecule has 0 aromatic carbocycles. The first-order valence-electron chi connectivity index (χ1n) is 5.91. The van der Waals surface area contributed by atoms with Crippen molar-refractivity contribution in [2.45, 2.75) is 30.6 Å². The first-order valence-corrected chi connectivity index (χ1v) is 7.77. The van der Waals surface area contributed by atoms with Gasteiger partial charge in [-0.3, -0.25) is 9.89 Å². The Morgan fingerprint density at radius 2 is 2.47 bits per heavy atom. The number of rotatable bonds is 6. The van der Waals surface area contributed by atoms with Crippen LogP contribution in [0.1, 0.15) is 31.4 Å². The van der Waals surface area contributed by atoms with Gasteiger partial charge >= 0.3 is 0 Å². The molecule has 6 nitrogen and oxygen atoms in total. The predicted molar refractivity (Wildman–Crippen MR) is 75.2 cm³/mol. The van der Waals surface area contributed by atoms with Crippen LogP contribution in [0.15, 0.2) is 16.0 Å². The Hall–Kier alpha value is -1.41. The molecule has 19 heavy (non-hydrogen) atoms. The van der Waals surface area contributed by atoms with Crippen LogP contribution in [0.5, 0.6) is 0 Å². The monoisotopic (exact) mass is 297 g/mol. The molecule has 2 N–H and O–H groups in total. The SMILES string of the molecule is CCSc1nc(CC(=O)N[C@@H](C)c2ncn[nH]2)cs1. The highest BCUT2D eigenvalue weighted by Gasteiger charge is 2.13. The molecular weight excluding hydrogens is 282 g/mol. The molecule has 2 aromatic heterocycles. The van der Waals surface area contributed by atoms with E-state index in [0.29, 0.717) is 12.2 Å². The van der Waals surface area contributed by atoms with Crippen molar-refractivity contribution in [3.63, 3.8) is 0 Å². The zero-order chi connectivity index (χ0) is 13.7. The molecule has 8 heteroatoms. The van der Waals surface area contributed by atoms with Gasteiger partial charge in [-0.15, -0.1) is 11.3 Å². The quantitative estimate of drug-likeness (QED) is 0.794. The van der Waals surface area contributed by atoms with E-state index >= 15 is 0 Å². The topological polar surface area (TPSA) is 83.6 Å². The molecule has 2 rings (SSSR count). The predicted octanol–water partition coefficient (Wildman–Crippen LogP) is 1.79. The van der Waals surface area contributed by atoms with Crippen molar-refractivity contribution in [1.82, 2.24) is 25.5 Å². The van der Waals surface area contributed by atoms with Crippen molar-refractivity contribution in [2.75, 3.05) is 5.75 Å². The molecule has 102 valence electrons. The number of thiazole rings is 1. The third-order valence-corrected chi connectivity index (χ3v) is 4.31. The summed E-state index contributed by atoms with van der Waals surface area (Å²) in [6, 6.07) is -0.182. The number of carbonyl (C=O) groups excluding carboxylic acids is 1. The normalized spacial score (nSPS) is 12.3. The van der Waals surface area contributed by atoms with Crippen molar-refractivity contribution < 1.29 is 4.79 Å². The summed E-state index contributed by atoms with van der Waals surface area (Å²) >= 11 is 3.26. The molecule has 0 unspecified atom stereocenters. The van der Waals surface area contributed by atoms with Crippen molar-refractivity contribution in [1.29, 1.82) is 0 Å². The Morgan fingerprint density at radius 3 is 3.16 bits per heavy atom. The Kier molecular flexibility index (Phi) is 4.92. The van der Waals surface area contributed by atoms with Gasteiger partial charge in [-0.25, -0.2) is 9.97 Å². The summed E-state index contributed by atoms with van der Waals surface area (Å²) in [4.78, 5) is 20.3. The molecule has 1 atom stereocenters. The zero-order valence-corrected chi connectivity index (χ0v) is 12.3. The van der Waals surface area contributed by atoms with Gasteiger partial charge in [-0.2, -0.15) is 5.10 Å². The van der Waals surface area contributed by atoms with Crippen LogP contribution < -0.4 is 5.32 Å². The first kappa shape index (κ1) is 14.0. The van der Waals surface area contributed by atoms with E-state index in [-0.39, 0.29) is 11.9 Å². The number of H-pyrrole nitrogens is 1. The molecule has 0 saturated heterocycles. The summed E-state index contributed by atoms with van der Waals surface area (Å²) in [6.07, 6.45) is 1.71. The fourth-order valence-corrected chi connectivity index (χ4v) is 3.25. The smallest absolute Gasteiger partial charge is 0.226 e. The fraction of sp³-hybridized carbons (Fsp3) is 0.455. The van der Waals surface area contributed by atoms with E-state index in [1.807, 2.05) is 12.3 Å². The molecule has 2 aromatic rings. The Bertz CT molecular complexity index is 525. The van der Waals surface area contributed by atoms with Crippen molar-refractivity contribution >= 4 is 29.0 Å². The number of nitrogens with zero attached hydrogens (tertiary/aromatic N) is 3. The van der Waals surface area contributed by atoms with E-state index in [1.165, 1.54) is 6.33 Å². The maximum Gasteiger partial charge on any atom is 0.226 e. The minimum Gasteiger partial charge on any atom is -0.346 e. The van der Waals surface area contributed by atoms with Crippen LogP contribution in [0.25, 0.3) is 0 Å². The van der Waals surface area contributed by atoms with E-state index in [9.17, 15) is 4.79 Å². The molecular formula is C11H15N5OS2. The van der Waals surface area contributed by atoms with Gasteiger partial charge in [-0.05, 0) is 12.7 Å². The Balaban J connectivity index is 1.86. The lowest BCUT2D eigenvalue weighted by atomic mass is 10.2. The number of amides is 1. The Labute approximate surface area is 119 Å². The maximum atomic E-state index is 11.9. The highest BCUT2D eigenvalue weighted by Crippen LogP contribution is 2.22. The van der Waals surface area contributed by atoms with Gasteiger partial charge in [0.15, 0.2) is 0 Å². The van der Waals surface area contributed by atoms with E-state index in [2.05, 4.69) is 32.4 Å². The third-order valence-electron chi connectivity index (χ3n) is 2.36. The number of hydrogen-bond acceptors (Lipinski definition) is 6. The lowest BCUT2D eigenvalue weighted by Crippen LogP contribution is -2.28. The van der Waals surface area contributed by atoms with Gasteiger partial charge in [0.05, 0.1) is 18.2 Å².